The van der Waals surface area contributed by atoms with Crippen molar-refractivity contribution in [2.45, 2.75) is 45.3 Å². The number of aromatic nitrogens is 2. The summed E-state index contributed by atoms with van der Waals surface area (Å²) < 4.78 is 40.5. The van der Waals surface area contributed by atoms with Crippen LogP contribution < -0.4 is 15.4 Å². The second kappa shape index (κ2) is 11.1. The summed E-state index contributed by atoms with van der Waals surface area (Å²) in [6.07, 6.45) is 2.93. The van der Waals surface area contributed by atoms with Crippen molar-refractivity contribution in [3.05, 3.63) is 60.3 Å². The van der Waals surface area contributed by atoms with Crippen molar-refractivity contribution < 1.29 is 27.8 Å². The molecule has 38 heavy (non-hydrogen) atoms. The van der Waals surface area contributed by atoms with Crippen LogP contribution in [0.25, 0.3) is 11.3 Å². The standard InChI is InChI=1S/C27H31F2N5O4/c1-27(2,3)38-26(36)34-13-5-6-19(34)16-37-24-10-8-18(15-20(24)23-11-12-30-33(23)4)31-25(35)32-22-9-7-17(28)14-21(22)29/h7-12,14-15,19H,5-6,13,16H2,1-4H3,(H2,31,32,35). The molecule has 202 valence electrons. The number of hydrogen-bond donors (Lipinski definition) is 2. The number of nitrogens with one attached hydrogen (secondary N) is 2. The Kier molecular flexibility index (Phi) is 7.84. The number of aryl methyl sites for hydroxylation is 1. The number of hydrogen-bond acceptors (Lipinski definition) is 5. The summed E-state index contributed by atoms with van der Waals surface area (Å²) in [6, 6.07) is 8.94. The number of carbonyl (C=O) groups is 2. The quantitative estimate of drug-likeness (QED) is 0.423. The molecule has 2 aromatic carbocycles. The fourth-order valence-electron chi connectivity index (χ4n) is 4.20. The molecule has 0 saturated carbocycles. The van der Waals surface area contributed by atoms with Crippen molar-refractivity contribution in [3.8, 4) is 17.0 Å². The van der Waals surface area contributed by atoms with E-state index in [0.717, 1.165) is 30.7 Å². The van der Waals surface area contributed by atoms with Gasteiger partial charge in [-0.1, -0.05) is 0 Å². The van der Waals surface area contributed by atoms with Gasteiger partial charge in [-0.05, 0) is 70.0 Å². The topological polar surface area (TPSA) is 97.7 Å². The maximum atomic E-state index is 13.9. The molecule has 4 rings (SSSR count). The van der Waals surface area contributed by atoms with Crippen LogP contribution in [0.3, 0.4) is 0 Å². The van der Waals surface area contributed by atoms with E-state index in [9.17, 15) is 18.4 Å². The highest BCUT2D eigenvalue weighted by atomic mass is 19.1. The van der Waals surface area contributed by atoms with Crippen LogP contribution in [0.1, 0.15) is 33.6 Å². The largest absolute Gasteiger partial charge is 0.491 e. The Bertz CT molecular complexity index is 1320. The summed E-state index contributed by atoms with van der Waals surface area (Å²) in [6.45, 7) is 6.36. The lowest BCUT2D eigenvalue weighted by atomic mass is 10.1. The Morgan fingerprint density at radius 2 is 1.89 bits per heavy atom. The van der Waals surface area contributed by atoms with Crippen LogP contribution in [0.5, 0.6) is 5.75 Å². The third kappa shape index (κ3) is 6.58. The minimum absolute atomic E-state index is 0.140. The Balaban J connectivity index is 1.50. The summed E-state index contributed by atoms with van der Waals surface area (Å²) in [7, 11) is 1.78. The zero-order valence-electron chi connectivity index (χ0n) is 21.8. The van der Waals surface area contributed by atoms with E-state index in [0.29, 0.717) is 29.6 Å². The van der Waals surface area contributed by atoms with E-state index < -0.39 is 23.3 Å². The maximum absolute atomic E-state index is 13.9. The molecule has 1 saturated heterocycles. The Morgan fingerprint density at radius 1 is 1.11 bits per heavy atom. The normalized spacial score (nSPS) is 15.3. The average Bonchev–Trinajstić information content (AvgIpc) is 3.48. The van der Waals surface area contributed by atoms with Gasteiger partial charge in [0.15, 0.2) is 0 Å². The molecule has 0 spiro atoms. The molecule has 1 fully saturated rings. The highest BCUT2D eigenvalue weighted by molar-refractivity contribution is 6.00. The van der Waals surface area contributed by atoms with Crippen molar-refractivity contribution in [1.29, 1.82) is 0 Å². The molecule has 1 aliphatic heterocycles. The molecule has 11 heteroatoms. The lowest BCUT2D eigenvalue weighted by molar-refractivity contribution is 0.0187. The van der Waals surface area contributed by atoms with Crippen molar-refractivity contribution in [1.82, 2.24) is 14.7 Å². The molecule has 9 nitrogen and oxygen atoms in total. The fraction of sp³-hybridized carbons (Fsp3) is 0.370. The molecule has 0 aliphatic carbocycles. The first-order valence-corrected chi connectivity index (χ1v) is 12.3. The van der Waals surface area contributed by atoms with Gasteiger partial charge in [-0.15, -0.1) is 0 Å². The average molecular weight is 528 g/mol. The summed E-state index contributed by atoms with van der Waals surface area (Å²) in [5.74, 6) is -1.08. The van der Waals surface area contributed by atoms with Crippen LogP contribution in [0.15, 0.2) is 48.7 Å². The van der Waals surface area contributed by atoms with E-state index in [1.165, 1.54) is 0 Å². The Labute approximate surface area is 219 Å². The fourth-order valence-corrected chi connectivity index (χ4v) is 4.20. The van der Waals surface area contributed by atoms with Crippen LogP contribution in [-0.2, 0) is 11.8 Å². The molecule has 1 unspecified atom stereocenters. The van der Waals surface area contributed by atoms with Crippen LogP contribution in [-0.4, -0.2) is 51.6 Å². The molecular formula is C27H31F2N5O4. The van der Waals surface area contributed by atoms with Crippen LogP contribution in [0, 0.1) is 11.6 Å². The first kappa shape index (κ1) is 26.9. The minimum Gasteiger partial charge on any atom is -0.491 e. The maximum Gasteiger partial charge on any atom is 0.410 e. The molecule has 3 amide bonds. The van der Waals surface area contributed by atoms with Crippen molar-refractivity contribution in [2.24, 2.45) is 7.05 Å². The van der Waals surface area contributed by atoms with Crippen molar-refractivity contribution >= 4 is 23.5 Å². The van der Waals surface area contributed by atoms with E-state index in [4.69, 9.17) is 9.47 Å². The van der Waals surface area contributed by atoms with Gasteiger partial charge < -0.3 is 25.0 Å². The molecule has 2 heterocycles. The molecule has 3 aromatic rings. The van der Waals surface area contributed by atoms with E-state index in [-0.39, 0.29) is 24.4 Å². The second-order valence-corrected chi connectivity index (χ2v) is 10.0. The Morgan fingerprint density at radius 3 is 2.58 bits per heavy atom. The molecule has 1 aliphatic rings. The van der Waals surface area contributed by atoms with Gasteiger partial charge in [0.2, 0.25) is 0 Å². The summed E-state index contributed by atoms with van der Waals surface area (Å²) >= 11 is 0. The number of anilines is 2. The van der Waals surface area contributed by atoms with Gasteiger partial charge in [0.1, 0.15) is 29.6 Å². The third-order valence-corrected chi connectivity index (χ3v) is 5.95. The van der Waals surface area contributed by atoms with Gasteiger partial charge in [0.25, 0.3) is 0 Å². The van der Waals surface area contributed by atoms with Gasteiger partial charge in [-0.3, -0.25) is 4.68 Å². The predicted octanol–water partition coefficient (Wildman–Crippen LogP) is 5.79. The van der Waals surface area contributed by atoms with Gasteiger partial charge in [-0.2, -0.15) is 5.10 Å². The molecule has 2 N–H and O–H groups in total. The second-order valence-electron chi connectivity index (χ2n) is 10.0. The highest BCUT2D eigenvalue weighted by Crippen LogP contribution is 2.33. The van der Waals surface area contributed by atoms with E-state index >= 15 is 0 Å². The number of urea groups is 1. The van der Waals surface area contributed by atoms with Gasteiger partial charge in [-0.25, -0.2) is 18.4 Å². The number of benzene rings is 2. The van der Waals surface area contributed by atoms with E-state index in [2.05, 4.69) is 15.7 Å². The van der Waals surface area contributed by atoms with E-state index in [1.807, 2.05) is 26.8 Å². The van der Waals surface area contributed by atoms with Gasteiger partial charge in [0, 0.05) is 37.1 Å². The zero-order valence-corrected chi connectivity index (χ0v) is 21.8. The van der Waals surface area contributed by atoms with Crippen LogP contribution >= 0.6 is 0 Å². The molecular weight excluding hydrogens is 496 g/mol. The number of carbonyl (C=O) groups excluding carboxylic acids is 2. The molecule has 1 aromatic heterocycles. The number of ether oxygens (including phenoxy) is 2. The van der Waals surface area contributed by atoms with Crippen LogP contribution in [0.4, 0.5) is 29.7 Å². The number of halogens is 2. The van der Waals surface area contributed by atoms with E-state index in [1.54, 1.807) is 41.0 Å². The lowest BCUT2D eigenvalue weighted by Crippen LogP contribution is -2.42. The molecule has 0 radical (unpaired) electrons. The number of likely N-dealkylation sites (tertiary alicyclic amines) is 1. The van der Waals surface area contributed by atoms with Gasteiger partial charge >= 0.3 is 12.1 Å². The SMILES string of the molecule is Cn1nccc1-c1cc(NC(=O)Nc2ccc(F)cc2F)ccc1OCC1CCCN1C(=O)OC(C)(C)C. The third-order valence-electron chi connectivity index (χ3n) is 5.95. The van der Waals surface area contributed by atoms with Gasteiger partial charge in [0.05, 0.1) is 17.4 Å². The Hall–Kier alpha value is -4.15. The number of nitrogens with zero attached hydrogens (tertiary/aromatic N) is 3. The monoisotopic (exact) mass is 527 g/mol. The van der Waals surface area contributed by atoms with Crippen molar-refractivity contribution in [2.75, 3.05) is 23.8 Å². The minimum atomic E-state index is -0.883. The first-order chi connectivity index (χ1) is 18.0. The number of amides is 3. The molecule has 1 atom stereocenters. The first-order valence-electron chi connectivity index (χ1n) is 12.3. The summed E-state index contributed by atoms with van der Waals surface area (Å²) in [5, 5.41) is 9.25. The highest BCUT2D eigenvalue weighted by Gasteiger charge is 2.32. The van der Waals surface area contributed by atoms with Crippen molar-refractivity contribution in [3.63, 3.8) is 0 Å². The summed E-state index contributed by atoms with van der Waals surface area (Å²) in [4.78, 5) is 26.8. The molecule has 0 bridgehead atoms. The lowest BCUT2D eigenvalue weighted by Gasteiger charge is -2.28. The predicted molar refractivity (Wildman–Crippen MR) is 139 cm³/mol. The smallest absolute Gasteiger partial charge is 0.410 e. The van der Waals surface area contributed by atoms with Crippen LogP contribution in [0.2, 0.25) is 0 Å². The summed E-state index contributed by atoms with van der Waals surface area (Å²) in [5.41, 5.74) is 1.09. The number of rotatable bonds is 6. The zero-order chi connectivity index (χ0) is 27.4.